The van der Waals surface area contributed by atoms with Crippen LogP contribution >= 0.6 is 15.9 Å². The van der Waals surface area contributed by atoms with Crippen LogP contribution in [0.1, 0.15) is 15.9 Å². The minimum atomic E-state index is -4.57. The van der Waals surface area contributed by atoms with E-state index in [0.717, 1.165) is 6.07 Å². The molecule has 0 radical (unpaired) electrons. The summed E-state index contributed by atoms with van der Waals surface area (Å²) >= 11 is 2.97. The van der Waals surface area contributed by atoms with Crippen LogP contribution in [-0.2, 0) is 0 Å². The Morgan fingerprint density at radius 3 is 2.52 bits per heavy atom. The molecule has 1 amide bonds. The fraction of sp³-hybridized carbons (Fsp3) is 0.417. The van der Waals surface area contributed by atoms with Crippen molar-refractivity contribution in [3.63, 3.8) is 0 Å². The zero-order chi connectivity index (χ0) is 16.2. The number of hydrogen-bond acceptors (Lipinski definition) is 3. The van der Waals surface area contributed by atoms with E-state index in [2.05, 4.69) is 15.9 Å². The molecule has 0 spiro atoms. The van der Waals surface area contributed by atoms with Crippen LogP contribution in [0.25, 0.3) is 0 Å². The van der Waals surface area contributed by atoms with Crippen molar-refractivity contribution in [2.24, 2.45) is 0 Å². The van der Waals surface area contributed by atoms with Gasteiger partial charge in [0.2, 0.25) is 0 Å². The Kier molecular flexibility index (Phi) is 5.70. The lowest BCUT2D eigenvalue weighted by Gasteiger charge is -2.23. The van der Waals surface area contributed by atoms with Gasteiger partial charge in [-0.25, -0.2) is 0 Å². The Labute approximate surface area is 127 Å². The van der Waals surface area contributed by atoms with Crippen molar-refractivity contribution >= 4 is 27.5 Å². The molecule has 0 saturated heterocycles. The fourth-order valence-electron chi connectivity index (χ4n) is 1.81. The largest absolute Gasteiger partial charge is 0.406 e. The third-order valence-corrected chi connectivity index (χ3v) is 3.03. The molecule has 0 saturated carbocycles. The van der Waals surface area contributed by atoms with E-state index in [0.29, 0.717) is 4.90 Å². The van der Waals surface area contributed by atoms with Gasteiger partial charge in [-0.1, -0.05) is 28.1 Å². The van der Waals surface area contributed by atoms with Crippen LogP contribution in [0.15, 0.2) is 18.2 Å². The Morgan fingerprint density at radius 1 is 1.43 bits per heavy atom. The van der Waals surface area contributed by atoms with E-state index < -0.39 is 29.2 Å². The SMILES string of the molecule is Cc1cccc([N+](=O)[O-])c1C(=O)N(CCBr)CC(F)(F)F. The van der Waals surface area contributed by atoms with Gasteiger partial charge in [-0.3, -0.25) is 14.9 Å². The summed E-state index contributed by atoms with van der Waals surface area (Å²) in [6, 6.07) is 3.92. The van der Waals surface area contributed by atoms with Crippen LogP contribution in [0, 0.1) is 17.0 Å². The number of rotatable bonds is 5. The standard InChI is InChI=1S/C12H12BrF3N2O3/c1-8-3-2-4-9(18(20)21)10(8)11(19)17(6-5-13)7-12(14,15)16/h2-4H,5-7H2,1H3. The second-order valence-electron chi connectivity index (χ2n) is 4.26. The van der Waals surface area contributed by atoms with Gasteiger partial charge in [0, 0.05) is 17.9 Å². The summed E-state index contributed by atoms with van der Waals surface area (Å²) in [5.74, 6) is -1.00. The molecule has 0 fully saturated rings. The molecule has 0 atom stereocenters. The quantitative estimate of drug-likeness (QED) is 0.455. The molecule has 0 aliphatic carbocycles. The van der Waals surface area contributed by atoms with E-state index >= 15 is 0 Å². The number of benzene rings is 1. The van der Waals surface area contributed by atoms with Crippen molar-refractivity contribution in [3.05, 3.63) is 39.4 Å². The maximum absolute atomic E-state index is 12.5. The van der Waals surface area contributed by atoms with Crippen molar-refractivity contribution in [2.45, 2.75) is 13.1 Å². The lowest BCUT2D eigenvalue weighted by atomic mass is 10.1. The maximum atomic E-state index is 12.5. The third kappa shape index (κ3) is 4.69. The summed E-state index contributed by atoms with van der Waals surface area (Å²) in [7, 11) is 0. The molecule has 21 heavy (non-hydrogen) atoms. The number of nitro benzene ring substituents is 1. The van der Waals surface area contributed by atoms with E-state index in [1.165, 1.54) is 19.1 Å². The van der Waals surface area contributed by atoms with E-state index in [9.17, 15) is 28.1 Å². The van der Waals surface area contributed by atoms with Gasteiger partial charge in [-0.2, -0.15) is 13.2 Å². The lowest BCUT2D eigenvalue weighted by Crippen LogP contribution is -2.40. The van der Waals surface area contributed by atoms with Crippen molar-refractivity contribution < 1.29 is 22.9 Å². The fourth-order valence-corrected chi connectivity index (χ4v) is 2.24. The van der Waals surface area contributed by atoms with Crippen LogP contribution in [0.3, 0.4) is 0 Å². The highest BCUT2D eigenvalue weighted by Gasteiger charge is 2.35. The summed E-state index contributed by atoms with van der Waals surface area (Å²) < 4.78 is 37.6. The average molecular weight is 369 g/mol. The zero-order valence-corrected chi connectivity index (χ0v) is 12.6. The highest BCUT2D eigenvalue weighted by atomic mass is 79.9. The summed E-state index contributed by atoms with van der Waals surface area (Å²) in [6.07, 6.45) is -4.57. The first-order valence-corrected chi connectivity index (χ1v) is 6.95. The molecule has 0 aliphatic heterocycles. The number of halogens is 4. The first-order chi connectivity index (χ1) is 9.67. The third-order valence-electron chi connectivity index (χ3n) is 2.67. The Morgan fingerprint density at radius 2 is 2.05 bits per heavy atom. The number of nitrogens with zero attached hydrogens (tertiary/aromatic N) is 2. The molecule has 5 nitrogen and oxygen atoms in total. The predicted molar refractivity (Wildman–Crippen MR) is 73.6 cm³/mol. The number of alkyl halides is 4. The van der Waals surface area contributed by atoms with Gasteiger partial charge in [-0.15, -0.1) is 0 Å². The molecule has 1 aromatic carbocycles. The van der Waals surface area contributed by atoms with Gasteiger partial charge >= 0.3 is 6.18 Å². The van der Waals surface area contributed by atoms with Crippen molar-refractivity contribution in [3.8, 4) is 0 Å². The summed E-state index contributed by atoms with van der Waals surface area (Å²) in [5.41, 5.74) is -0.551. The topological polar surface area (TPSA) is 63.5 Å². The number of aryl methyl sites for hydroxylation is 1. The van der Waals surface area contributed by atoms with Crippen LogP contribution < -0.4 is 0 Å². The molecule has 1 rings (SSSR count). The molecule has 0 aromatic heterocycles. The number of amides is 1. The Balaban J connectivity index is 3.24. The van der Waals surface area contributed by atoms with Gasteiger partial charge in [0.25, 0.3) is 11.6 Å². The normalized spacial score (nSPS) is 11.3. The predicted octanol–water partition coefficient (Wildman–Crippen LogP) is 3.30. The van der Waals surface area contributed by atoms with Crippen LogP contribution in [0.5, 0.6) is 0 Å². The molecule has 116 valence electrons. The van der Waals surface area contributed by atoms with Crippen molar-refractivity contribution in [1.82, 2.24) is 4.90 Å². The van der Waals surface area contributed by atoms with E-state index in [1.54, 1.807) is 0 Å². The first-order valence-electron chi connectivity index (χ1n) is 5.83. The maximum Gasteiger partial charge on any atom is 0.406 e. The molecule has 0 bridgehead atoms. The number of carbonyl (C=O) groups excluding carboxylic acids is 1. The molecule has 0 aliphatic rings. The van der Waals surface area contributed by atoms with Crippen LogP contribution in [0.2, 0.25) is 0 Å². The minimum Gasteiger partial charge on any atom is -0.328 e. The van der Waals surface area contributed by atoms with Gasteiger partial charge in [0.1, 0.15) is 12.1 Å². The summed E-state index contributed by atoms with van der Waals surface area (Å²) in [4.78, 5) is 23.0. The molecular weight excluding hydrogens is 357 g/mol. The van der Waals surface area contributed by atoms with E-state index in [-0.39, 0.29) is 23.0 Å². The molecule has 0 N–H and O–H groups in total. The molecule has 9 heteroatoms. The number of carbonyl (C=O) groups is 1. The molecule has 0 unspecified atom stereocenters. The highest BCUT2D eigenvalue weighted by Crippen LogP contribution is 2.25. The Bertz CT molecular complexity index is 549. The second kappa shape index (κ2) is 6.88. The second-order valence-corrected chi connectivity index (χ2v) is 5.05. The molecule has 0 heterocycles. The highest BCUT2D eigenvalue weighted by molar-refractivity contribution is 9.09. The monoisotopic (exact) mass is 368 g/mol. The molecule has 1 aromatic rings. The van der Waals surface area contributed by atoms with Crippen LogP contribution in [-0.4, -0.2) is 40.3 Å². The van der Waals surface area contributed by atoms with Crippen molar-refractivity contribution in [2.75, 3.05) is 18.4 Å². The van der Waals surface area contributed by atoms with E-state index in [4.69, 9.17) is 0 Å². The minimum absolute atomic E-state index is 0.133. The van der Waals surface area contributed by atoms with Gasteiger partial charge < -0.3 is 4.90 Å². The van der Waals surface area contributed by atoms with E-state index in [1.807, 2.05) is 0 Å². The summed E-state index contributed by atoms with van der Waals surface area (Å²) in [5, 5.41) is 11.1. The first kappa shape index (κ1) is 17.4. The number of hydrogen-bond donors (Lipinski definition) is 0. The summed E-state index contributed by atoms with van der Waals surface area (Å²) in [6.45, 7) is -0.215. The average Bonchev–Trinajstić information content (AvgIpc) is 2.35. The van der Waals surface area contributed by atoms with Crippen LogP contribution in [0.4, 0.5) is 18.9 Å². The zero-order valence-electron chi connectivity index (χ0n) is 11.0. The number of nitro groups is 1. The Hall–Kier alpha value is -1.64. The smallest absolute Gasteiger partial charge is 0.328 e. The molecular formula is C12H12BrF3N2O3. The van der Waals surface area contributed by atoms with Gasteiger partial charge in [-0.05, 0) is 12.5 Å². The van der Waals surface area contributed by atoms with Crippen molar-refractivity contribution in [1.29, 1.82) is 0 Å². The van der Waals surface area contributed by atoms with Gasteiger partial charge in [0.05, 0.1) is 4.92 Å². The van der Waals surface area contributed by atoms with Gasteiger partial charge in [0.15, 0.2) is 0 Å². The lowest BCUT2D eigenvalue weighted by molar-refractivity contribution is -0.385.